The lowest BCUT2D eigenvalue weighted by Crippen LogP contribution is -2.49. The summed E-state index contributed by atoms with van der Waals surface area (Å²) >= 11 is 11.1. The average Bonchev–Trinajstić information content (AvgIpc) is 2.17. The minimum Gasteiger partial charge on any atom is -0.314 e. The Morgan fingerprint density at radius 2 is 2.00 bits per heavy atom. The quantitative estimate of drug-likeness (QED) is 0.810. The van der Waals surface area contributed by atoms with Gasteiger partial charge in [-0.3, -0.25) is 4.90 Å². The van der Waals surface area contributed by atoms with Crippen molar-refractivity contribution in [3.8, 4) is 0 Å². The predicted octanol–water partition coefficient (Wildman–Crippen LogP) is 2.38. The zero-order valence-corrected chi connectivity index (χ0v) is 10.3. The second-order valence-electron chi connectivity index (χ2n) is 4.11. The summed E-state index contributed by atoms with van der Waals surface area (Å²) in [4.78, 5) is 2.36. The largest absolute Gasteiger partial charge is 0.314 e. The molecule has 0 aliphatic carbocycles. The van der Waals surface area contributed by atoms with Crippen LogP contribution in [0.5, 0.6) is 0 Å². The molecule has 1 rings (SSSR count). The number of piperidine rings is 1. The molecule has 0 aromatic carbocycles. The first kappa shape index (κ1) is 12.3. The summed E-state index contributed by atoms with van der Waals surface area (Å²) in [6.45, 7) is 5.35. The SMILES string of the molecule is CNC1(C)CCN(CC=C(Cl)Cl)CC1. The molecule has 1 N–H and O–H groups in total. The van der Waals surface area contributed by atoms with Crippen molar-refractivity contribution in [3.63, 3.8) is 0 Å². The van der Waals surface area contributed by atoms with Gasteiger partial charge in [0.05, 0.1) is 0 Å². The molecule has 0 aromatic heterocycles. The number of halogens is 2. The lowest BCUT2D eigenvalue weighted by molar-refractivity contribution is 0.164. The smallest absolute Gasteiger partial charge is 0.104 e. The zero-order chi connectivity index (χ0) is 10.6. The fourth-order valence-corrected chi connectivity index (χ4v) is 1.82. The van der Waals surface area contributed by atoms with Gasteiger partial charge in [-0.05, 0) is 32.9 Å². The Labute approximate surface area is 96.2 Å². The van der Waals surface area contributed by atoms with Gasteiger partial charge in [-0.15, -0.1) is 0 Å². The van der Waals surface area contributed by atoms with Crippen LogP contribution in [0, 0.1) is 0 Å². The zero-order valence-electron chi connectivity index (χ0n) is 8.82. The summed E-state index contributed by atoms with van der Waals surface area (Å²) in [6, 6.07) is 0. The van der Waals surface area contributed by atoms with Gasteiger partial charge < -0.3 is 5.32 Å². The number of hydrogen-bond acceptors (Lipinski definition) is 2. The Morgan fingerprint density at radius 3 is 2.43 bits per heavy atom. The maximum absolute atomic E-state index is 5.57. The molecule has 0 atom stereocenters. The van der Waals surface area contributed by atoms with Crippen molar-refractivity contribution < 1.29 is 0 Å². The van der Waals surface area contributed by atoms with Crippen LogP contribution in [-0.4, -0.2) is 37.1 Å². The van der Waals surface area contributed by atoms with Crippen molar-refractivity contribution in [2.45, 2.75) is 25.3 Å². The Hall–Kier alpha value is 0.240. The van der Waals surface area contributed by atoms with Crippen LogP contribution in [0.15, 0.2) is 10.6 Å². The van der Waals surface area contributed by atoms with Gasteiger partial charge in [0.2, 0.25) is 0 Å². The van der Waals surface area contributed by atoms with Crippen LogP contribution >= 0.6 is 23.2 Å². The van der Waals surface area contributed by atoms with Gasteiger partial charge in [0, 0.05) is 25.2 Å². The molecule has 2 nitrogen and oxygen atoms in total. The number of nitrogens with zero attached hydrogens (tertiary/aromatic N) is 1. The molecule has 0 amide bonds. The molecule has 0 spiro atoms. The van der Waals surface area contributed by atoms with Crippen LogP contribution in [0.2, 0.25) is 0 Å². The van der Waals surface area contributed by atoms with E-state index in [1.54, 1.807) is 0 Å². The van der Waals surface area contributed by atoms with Crippen molar-refractivity contribution in [3.05, 3.63) is 10.6 Å². The molecule has 1 heterocycles. The minimum atomic E-state index is 0.310. The first-order valence-corrected chi connectivity index (χ1v) is 5.74. The van der Waals surface area contributed by atoms with E-state index in [1.807, 2.05) is 13.1 Å². The van der Waals surface area contributed by atoms with Crippen LogP contribution in [-0.2, 0) is 0 Å². The highest BCUT2D eigenvalue weighted by molar-refractivity contribution is 6.55. The van der Waals surface area contributed by atoms with E-state index in [0.29, 0.717) is 10.0 Å². The Morgan fingerprint density at radius 1 is 1.43 bits per heavy atom. The van der Waals surface area contributed by atoms with E-state index < -0.39 is 0 Å². The first-order chi connectivity index (χ1) is 6.56. The second-order valence-corrected chi connectivity index (χ2v) is 5.11. The van der Waals surface area contributed by atoms with Gasteiger partial charge in [0.15, 0.2) is 0 Å². The summed E-state index contributed by atoms with van der Waals surface area (Å²) in [6.07, 6.45) is 4.21. The molecule has 1 aliphatic rings. The standard InChI is InChI=1S/C10H18Cl2N2/c1-10(13-2)4-7-14(8-5-10)6-3-9(11)12/h3,13H,4-8H2,1-2H3. The van der Waals surface area contributed by atoms with Crippen LogP contribution in [0.25, 0.3) is 0 Å². The molecule has 1 saturated heterocycles. The van der Waals surface area contributed by atoms with Crippen LogP contribution in [0.3, 0.4) is 0 Å². The maximum Gasteiger partial charge on any atom is 0.104 e. The number of rotatable bonds is 3. The fourth-order valence-electron chi connectivity index (χ4n) is 1.68. The maximum atomic E-state index is 5.57. The van der Waals surface area contributed by atoms with Crippen molar-refractivity contribution in [1.82, 2.24) is 10.2 Å². The van der Waals surface area contributed by atoms with Crippen LogP contribution < -0.4 is 5.32 Å². The fraction of sp³-hybridized carbons (Fsp3) is 0.800. The molecule has 0 radical (unpaired) electrons. The Bertz CT molecular complexity index is 204. The summed E-state index contributed by atoms with van der Waals surface area (Å²) in [5.41, 5.74) is 0.310. The predicted molar refractivity (Wildman–Crippen MR) is 62.9 cm³/mol. The highest BCUT2D eigenvalue weighted by Crippen LogP contribution is 2.21. The first-order valence-electron chi connectivity index (χ1n) is 4.98. The van der Waals surface area contributed by atoms with Crippen molar-refractivity contribution in [1.29, 1.82) is 0 Å². The molecule has 4 heteroatoms. The lowest BCUT2D eigenvalue weighted by Gasteiger charge is -2.38. The van der Waals surface area contributed by atoms with Gasteiger partial charge in [-0.25, -0.2) is 0 Å². The normalized spacial score (nSPS) is 22.0. The highest BCUT2D eigenvalue weighted by Gasteiger charge is 2.27. The third kappa shape index (κ3) is 3.77. The molecule has 0 aromatic rings. The van der Waals surface area contributed by atoms with Gasteiger partial charge in [-0.2, -0.15) is 0 Å². The molecule has 82 valence electrons. The van der Waals surface area contributed by atoms with E-state index in [-0.39, 0.29) is 0 Å². The second kappa shape index (κ2) is 5.36. The third-order valence-corrected chi connectivity index (χ3v) is 3.38. The van der Waals surface area contributed by atoms with E-state index in [4.69, 9.17) is 23.2 Å². The topological polar surface area (TPSA) is 15.3 Å². The highest BCUT2D eigenvalue weighted by atomic mass is 35.5. The Kier molecular flexibility index (Phi) is 4.71. The van der Waals surface area contributed by atoms with E-state index in [2.05, 4.69) is 17.1 Å². The van der Waals surface area contributed by atoms with Gasteiger partial charge in [0.25, 0.3) is 0 Å². The molecular formula is C10H18Cl2N2. The number of likely N-dealkylation sites (tertiary alicyclic amines) is 1. The van der Waals surface area contributed by atoms with E-state index in [9.17, 15) is 0 Å². The third-order valence-electron chi connectivity index (χ3n) is 3.07. The van der Waals surface area contributed by atoms with Crippen molar-refractivity contribution in [2.75, 3.05) is 26.7 Å². The molecule has 14 heavy (non-hydrogen) atoms. The van der Waals surface area contributed by atoms with Crippen molar-refractivity contribution in [2.24, 2.45) is 0 Å². The molecular weight excluding hydrogens is 219 g/mol. The molecule has 0 saturated carbocycles. The number of nitrogens with one attached hydrogen (secondary N) is 1. The van der Waals surface area contributed by atoms with Crippen molar-refractivity contribution >= 4 is 23.2 Å². The molecule has 0 bridgehead atoms. The summed E-state index contributed by atoms with van der Waals surface area (Å²) in [7, 11) is 2.03. The van der Waals surface area contributed by atoms with Gasteiger partial charge in [-0.1, -0.05) is 23.2 Å². The van der Waals surface area contributed by atoms with Gasteiger partial charge >= 0.3 is 0 Å². The summed E-state index contributed by atoms with van der Waals surface area (Å²) in [5, 5.41) is 3.37. The minimum absolute atomic E-state index is 0.310. The Balaban J connectivity index is 2.32. The van der Waals surface area contributed by atoms with Crippen LogP contribution in [0.1, 0.15) is 19.8 Å². The lowest BCUT2D eigenvalue weighted by atomic mass is 9.90. The molecule has 1 aliphatic heterocycles. The molecule has 0 unspecified atom stereocenters. The monoisotopic (exact) mass is 236 g/mol. The van der Waals surface area contributed by atoms with E-state index in [0.717, 1.165) is 19.6 Å². The van der Waals surface area contributed by atoms with E-state index >= 15 is 0 Å². The average molecular weight is 237 g/mol. The molecule has 1 fully saturated rings. The summed E-state index contributed by atoms with van der Waals surface area (Å²) < 4.78 is 0.368. The summed E-state index contributed by atoms with van der Waals surface area (Å²) in [5.74, 6) is 0. The number of hydrogen-bond donors (Lipinski definition) is 1. The van der Waals surface area contributed by atoms with Crippen LogP contribution in [0.4, 0.5) is 0 Å². The van der Waals surface area contributed by atoms with Gasteiger partial charge in [0.1, 0.15) is 4.49 Å². The van der Waals surface area contributed by atoms with E-state index in [1.165, 1.54) is 12.8 Å².